The third kappa shape index (κ3) is 5.50. The van der Waals surface area contributed by atoms with Crippen LogP contribution in [0, 0.1) is 11.3 Å². The first-order chi connectivity index (χ1) is 17.9. The van der Waals surface area contributed by atoms with Gasteiger partial charge in [0.25, 0.3) is 17.4 Å². The molecule has 2 atom stereocenters. The third-order valence-electron chi connectivity index (χ3n) is 7.86. The Morgan fingerprint density at radius 2 is 1.79 bits per heavy atom. The summed E-state index contributed by atoms with van der Waals surface area (Å²) < 4.78 is 47.5. The highest BCUT2D eigenvalue weighted by Crippen LogP contribution is 2.61. The zero-order chi connectivity index (χ0) is 27.7. The monoisotopic (exact) mass is 552 g/mol. The van der Waals surface area contributed by atoms with Crippen LogP contribution in [0.5, 0.6) is 5.75 Å². The van der Waals surface area contributed by atoms with Crippen LogP contribution in [-0.2, 0) is 10.4 Å². The molecule has 2 aromatic rings. The lowest BCUT2D eigenvalue weighted by Crippen LogP contribution is -2.57. The van der Waals surface area contributed by atoms with Crippen molar-refractivity contribution in [1.29, 1.82) is 0 Å². The first-order valence-corrected chi connectivity index (χ1v) is 13.0. The molecule has 2 aromatic carbocycles. The van der Waals surface area contributed by atoms with Gasteiger partial charge < -0.3 is 19.6 Å². The zero-order valence-electron chi connectivity index (χ0n) is 21.4. The minimum absolute atomic E-state index is 0.0391. The minimum Gasteiger partial charge on any atom is -0.494 e. The molecule has 0 unspecified atom stereocenters. The van der Waals surface area contributed by atoms with Crippen LogP contribution in [0.15, 0.2) is 48.5 Å². The Morgan fingerprint density at radius 3 is 2.37 bits per heavy atom. The number of likely N-dealkylation sites (tertiary alicyclic amines) is 1. The molecule has 1 saturated carbocycles. The Balaban J connectivity index is 1.26. The number of hydrogen-bond acceptors (Lipinski definition) is 4. The van der Waals surface area contributed by atoms with Crippen LogP contribution < -0.4 is 4.74 Å². The average Bonchev–Trinajstić information content (AvgIpc) is 3.56. The van der Waals surface area contributed by atoms with Crippen molar-refractivity contribution in [2.24, 2.45) is 11.3 Å². The summed E-state index contributed by atoms with van der Waals surface area (Å²) in [6.45, 7) is 0.853. The summed E-state index contributed by atoms with van der Waals surface area (Å²) in [5.74, 6) is -0.481. The molecular weight excluding hydrogens is 521 g/mol. The molecule has 2 fully saturated rings. The van der Waals surface area contributed by atoms with Gasteiger partial charge in [0, 0.05) is 32.7 Å². The van der Waals surface area contributed by atoms with E-state index in [2.05, 4.69) is 0 Å². The van der Waals surface area contributed by atoms with E-state index in [0.29, 0.717) is 41.7 Å². The zero-order valence-corrected chi connectivity index (χ0v) is 22.2. The van der Waals surface area contributed by atoms with E-state index < -0.39 is 23.2 Å². The molecule has 1 spiro atoms. The Bertz CT molecular complexity index is 1170. The van der Waals surface area contributed by atoms with Gasteiger partial charge in [-0.3, -0.25) is 9.59 Å². The number of ether oxygens (including phenoxy) is 1. The van der Waals surface area contributed by atoms with Crippen LogP contribution in [0.4, 0.5) is 13.2 Å². The maximum Gasteiger partial charge on any atom is 0.430 e. The van der Waals surface area contributed by atoms with E-state index in [-0.39, 0.29) is 24.4 Å². The number of nitrogens with zero attached hydrogens (tertiary/aromatic N) is 2. The minimum atomic E-state index is -5.13. The highest BCUT2D eigenvalue weighted by Gasteiger charge is 2.63. The first-order valence-electron chi connectivity index (χ1n) is 12.7. The molecule has 6 nitrogen and oxygen atoms in total. The molecule has 2 aliphatic rings. The second-order valence-corrected chi connectivity index (χ2v) is 10.9. The van der Waals surface area contributed by atoms with Crippen LogP contribution in [0.1, 0.15) is 48.0 Å². The van der Waals surface area contributed by atoms with Crippen LogP contribution in [0.25, 0.3) is 0 Å². The SMILES string of the molecule is CN(C)C(=O)c1ccc(OCCC[C@H]2CC23CCN(C(=O)[C@@](O)(c2ccccc2)C(F)(F)F)CC3)cc1Cl. The average molecular weight is 553 g/mol. The standard InChI is InChI=1S/C28H32ClF3N2O4/c1-33(2)24(35)22-11-10-21(17-23(22)29)38-16-6-9-20-18-26(20)12-14-34(15-13-26)25(36)27(37,28(30,31)32)19-7-4-3-5-8-19/h3-5,7-8,10-11,17,20,37H,6,9,12-16,18H2,1-2H3/t20-,27-/m0/s1. The van der Waals surface area contributed by atoms with Gasteiger partial charge in [-0.1, -0.05) is 41.9 Å². The van der Waals surface area contributed by atoms with Crippen molar-refractivity contribution in [2.45, 2.75) is 43.9 Å². The van der Waals surface area contributed by atoms with Gasteiger partial charge in [-0.05, 0) is 61.6 Å². The van der Waals surface area contributed by atoms with Gasteiger partial charge in [-0.2, -0.15) is 13.2 Å². The Labute approximate surface area is 225 Å². The van der Waals surface area contributed by atoms with Crippen molar-refractivity contribution >= 4 is 23.4 Å². The molecule has 1 aliphatic carbocycles. The van der Waals surface area contributed by atoms with E-state index in [1.165, 1.54) is 23.1 Å². The van der Waals surface area contributed by atoms with Crippen LogP contribution in [0.2, 0.25) is 5.02 Å². The molecule has 1 aliphatic heterocycles. The lowest BCUT2D eigenvalue weighted by Gasteiger charge is -2.39. The lowest BCUT2D eigenvalue weighted by atomic mass is 9.86. The maximum absolute atomic E-state index is 13.9. The molecule has 1 N–H and O–H groups in total. The van der Waals surface area contributed by atoms with Crippen molar-refractivity contribution in [3.05, 3.63) is 64.7 Å². The second-order valence-electron chi connectivity index (χ2n) is 10.5. The summed E-state index contributed by atoms with van der Waals surface area (Å²) in [6, 6.07) is 11.5. The van der Waals surface area contributed by atoms with Crippen molar-refractivity contribution in [1.82, 2.24) is 9.80 Å². The smallest absolute Gasteiger partial charge is 0.430 e. The van der Waals surface area contributed by atoms with Crippen molar-refractivity contribution in [3.8, 4) is 5.75 Å². The number of rotatable bonds is 8. The number of amides is 2. The summed E-state index contributed by atoms with van der Waals surface area (Å²) in [5.41, 5.74) is -3.58. The normalized spacial score (nSPS) is 20.1. The molecule has 0 radical (unpaired) electrons. The van der Waals surface area contributed by atoms with Crippen molar-refractivity contribution in [2.75, 3.05) is 33.8 Å². The van der Waals surface area contributed by atoms with E-state index in [1.54, 1.807) is 32.3 Å². The molecular formula is C28H32ClF3N2O4. The summed E-state index contributed by atoms with van der Waals surface area (Å²) >= 11 is 6.23. The maximum atomic E-state index is 13.9. The molecule has 38 heavy (non-hydrogen) atoms. The van der Waals surface area contributed by atoms with Gasteiger partial charge >= 0.3 is 6.18 Å². The molecule has 1 saturated heterocycles. The number of aliphatic hydroxyl groups is 1. The predicted molar refractivity (Wildman–Crippen MR) is 137 cm³/mol. The fourth-order valence-corrected chi connectivity index (χ4v) is 5.70. The van der Waals surface area contributed by atoms with E-state index in [0.717, 1.165) is 36.3 Å². The predicted octanol–water partition coefficient (Wildman–Crippen LogP) is 5.28. The summed E-state index contributed by atoms with van der Waals surface area (Å²) in [5, 5.41) is 10.9. The fourth-order valence-electron chi connectivity index (χ4n) is 5.44. The third-order valence-corrected chi connectivity index (χ3v) is 8.17. The molecule has 10 heteroatoms. The second kappa shape index (κ2) is 10.8. The number of benzene rings is 2. The fraction of sp³-hybridized carbons (Fsp3) is 0.500. The summed E-state index contributed by atoms with van der Waals surface area (Å²) in [6.07, 6.45) is -1.21. The molecule has 1 heterocycles. The Hall–Kier alpha value is -2.78. The van der Waals surface area contributed by atoms with Crippen LogP contribution in [-0.4, -0.2) is 66.7 Å². The number of hydrogen-bond donors (Lipinski definition) is 1. The number of piperidine rings is 1. The van der Waals surface area contributed by atoms with E-state index in [9.17, 15) is 27.9 Å². The van der Waals surface area contributed by atoms with Crippen LogP contribution in [0.3, 0.4) is 0 Å². The van der Waals surface area contributed by atoms with Crippen LogP contribution >= 0.6 is 11.6 Å². The highest BCUT2D eigenvalue weighted by molar-refractivity contribution is 6.34. The summed E-state index contributed by atoms with van der Waals surface area (Å²) in [4.78, 5) is 27.7. The van der Waals surface area contributed by atoms with Crippen molar-refractivity contribution < 1.29 is 32.6 Å². The van der Waals surface area contributed by atoms with Gasteiger partial charge in [0.1, 0.15) is 5.75 Å². The quantitative estimate of drug-likeness (QED) is 0.452. The summed E-state index contributed by atoms with van der Waals surface area (Å²) in [7, 11) is 3.31. The Kier molecular flexibility index (Phi) is 8.00. The first kappa shape index (κ1) is 28.2. The Morgan fingerprint density at radius 1 is 1.13 bits per heavy atom. The number of alkyl halides is 3. The largest absolute Gasteiger partial charge is 0.494 e. The molecule has 4 rings (SSSR count). The van der Waals surface area contributed by atoms with Crippen molar-refractivity contribution in [3.63, 3.8) is 0 Å². The number of halogens is 4. The highest BCUT2D eigenvalue weighted by atomic mass is 35.5. The lowest BCUT2D eigenvalue weighted by molar-refractivity contribution is -0.262. The number of carbonyl (C=O) groups excluding carboxylic acids is 2. The van der Waals surface area contributed by atoms with Gasteiger partial charge in [0.2, 0.25) is 0 Å². The molecule has 0 aromatic heterocycles. The van der Waals surface area contributed by atoms with Gasteiger partial charge in [0.05, 0.1) is 17.2 Å². The van der Waals surface area contributed by atoms with E-state index >= 15 is 0 Å². The molecule has 2 amide bonds. The molecule has 0 bridgehead atoms. The van der Waals surface area contributed by atoms with Gasteiger partial charge in [0.15, 0.2) is 0 Å². The van der Waals surface area contributed by atoms with E-state index in [4.69, 9.17) is 16.3 Å². The topological polar surface area (TPSA) is 70.1 Å². The van der Waals surface area contributed by atoms with E-state index in [1.807, 2.05) is 0 Å². The van der Waals surface area contributed by atoms with Gasteiger partial charge in [-0.25, -0.2) is 0 Å². The van der Waals surface area contributed by atoms with Gasteiger partial charge in [-0.15, -0.1) is 0 Å². The number of carbonyl (C=O) groups is 2. The molecule has 206 valence electrons.